The van der Waals surface area contributed by atoms with Crippen LogP contribution in [-0.4, -0.2) is 64.2 Å². The first-order chi connectivity index (χ1) is 17.3. The lowest BCUT2D eigenvalue weighted by Crippen LogP contribution is -2.43. The van der Waals surface area contributed by atoms with Crippen molar-refractivity contribution < 1.29 is 29.3 Å². The van der Waals surface area contributed by atoms with Crippen LogP contribution in [-0.2, 0) is 25.5 Å². The van der Waals surface area contributed by atoms with Gasteiger partial charge in [-0.15, -0.1) is 0 Å². The first-order valence-corrected chi connectivity index (χ1v) is 12.7. The van der Waals surface area contributed by atoms with Gasteiger partial charge in [0.15, 0.2) is 0 Å². The van der Waals surface area contributed by atoms with E-state index in [2.05, 4.69) is 47.4 Å². The van der Waals surface area contributed by atoms with Crippen molar-refractivity contribution in [1.29, 1.82) is 0 Å². The first kappa shape index (κ1) is 25.7. The molecule has 8 nitrogen and oxygen atoms in total. The molecule has 2 aliphatic carbocycles. The van der Waals surface area contributed by atoms with E-state index in [1.807, 2.05) is 0 Å². The highest BCUT2D eigenvalue weighted by atomic mass is 16.5. The molecular formula is C28H34N2O6. The van der Waals surface area contributed by atoms with Crippen LogP contribution in [0.3, 0.4) is 0 Å². The van der Waals surface area contributed by atoms with Gasteiger partial charge >= 0.3 is 17.9 Å². The van der Waals surface area contributed by atoms with Crippen molar-refractivity contribution >= 4 is 34.4 Å². The molecule has 0 radical (unpaired) electrons. The number of carboxylic acids is 2. The molecule has 0 spiro atoms. The van der Waals surface area contributed by atoms with Gasteiger partial charge in [-0.2, -0.15) is 0 Å². The highest BCUT2D eigenvalue weighted by Gasteiger charge is 2.34. The molecule has 8 heteroatoms. The number of hydrogen-bond acceptors (Lipinski definition) is 5. The normalized spacial score (nSPS) is 22.2. The number of nitrogens with one attached hydrogen (secondary N) is 1. The number of H-pyrrole nitrogens is 1. The number of benzene rings is 1. The number of aromatic amines is 1. The topological polar surface area (TPSA) is 120 Å². The number of aliphatic carboxylic acids is 2. The summed E-state index contributed by atoms with van der Waals surface area (Å²) in [5.74, 6) is -2.10. The van der Waals surface area contributed by atoms with Crippen molar-refractivity contribution in [3.63, 3.8) is 0 Å². The molecule has 0 amide bonds. The standard InChI is InChI=1S/C24H30N2O2.C4H4O4/c1-26-14-16(15-28-24(27)17-7-4-2-3-5-8-17)11-20-19-9-6-10-21-23(19)18(13-25-21)12-22(20)26;5-3(6)1-2-4(7)8/h6,9-11,13,16-17,22,25H,2-5,7-8,12,14-15H2,1H3;1-2H,(H,5,6)(H,7,8)/b;2-1-/t16-,22-;/m1./s1. The zero-order valence-corrected chi connectivity index (χ0v) is 20.6. The summed E-state index contributed by atoms with van der Waals surface area (Å²) in [4.78, 5) is 37.5. The van der Waals surface area contributed by atoms with Gasteiger partial charge in [-0.25, -0.2) is 9.59 Å². The van der Waals surface area contributed by atoms with E-state index in [0.29, 0.717) is 24.8 Å². The molecule has 2 aromatic rings. The van der Waals surface area contributed by atoms with E-state index in [9.17, 15) is 14.4 Å². The van der Waals surface area contributed by atoms with Crippen LogP contribution in [0.15, 0.2) is 42.6 Å². The Bertz CT molecular complexity index is 1160. The molecule has 1 aromatic heterocycles. The number of likely N-dealkylation sites (N-methyl/N-ethyl adjacent to an activating group) is 1. The van der Waals surface area contributed by atoms with Crippen molar-refractivity contribution in [2.24, 2.45) is 11.8 Å². The molecule has 1 fully saturated rings. The molecule has 3 N–H and O–H groups in total. The molecule has 0 saturated heterocycles. The van der Waals surface area contributed by atoms with Gasteiger partial charge in [-0.05, 0) is 49.1 Å². The largest absolute Gasteiger partial charge is 0.478 e. The quantitative estimate of drug-likeness (QED) is 0.323. The number of rotatable bonds is 5. The van der Waals surface area contributed by atoms with Crippen molar-refractivity contribution in [3.05, 3.63) is 53.8 Å². The maximum atomic E-state index is 12.6. The van der Waals surface area contributed by atoms with Crippen molar-refractivity contribution in [3.8, 4) is 0 Å². The first-order valence-electron chi connectivity index (χ1n) is 12.7. The third kappa shape index (κ3) is 6.05. The Morgan fingerprint density at radius 3 is 2.44 bits per heavy atom. The molecular weight excluding hydrogens is 460 g/mol. The predicted octanol–water partition coefficient (Wildman–Crippen LogP) is 4.26. The second-order valence-electron chi connectivity index (χ2n) is 9.91. The molecule has 36 heavy (non-hydrogen) atoms. The summed E-state index contributed by atoms with van der Waals surface area (Å²) in [5.41, 5.74) is 5.38. The fourth-order valence-corrected chi connectivity index (χ4v) is 5.62. The van der Waals surface area contributed by atoms with E-state index in [1.165, 1.54) is 53.3 Å². The summed E-state index contributed by atoms with van der Waals surface area (Å²) < 4.78 is 5.82. The number of hydrogen-bond donors (Lipinski definition) is 3. The number of carbonyl (C=O) groups is 3. The van der Waals surface area contributed by atoms with Crippen LogP contribution in [0.25, 0.3) is 16.5 Å². The predicted molar refractivity (Wildman–Crippen MR) is 136 cm³/mol. The van der Waals surface area contributed by atoms with E-state index in [-0.39, 0.29) is 17.8 Å². The number of carbonyl (C=O) groups excluding carboxylic acids is 1. The minimum absolute atomic E-state index is 0.0312. The van der Waals surface area contributed by atoms with E-state index in [1.54, 1.807) is 0 Å². The Balaban J connectivity index is 0.000000331. The van der Waals surface area contributed by atoms with Crippen molar-refractivity contribution in [1.82, 2.24) is 9.88 Å². The Morgan fingerprint density at radius 1 is 1.08 bits per heavy atom. The number of aromatic nitrogens is 1. The summed E-state index contributed by atoms with van der Waals surface area (Å²) in [5, 5.41) is 17.0. The van der Waals surface area contributed by atoms with E-state index < -0.39 is 11.9 Å². The third-order valence-corrected chi connectivity index (χ3v) is 7.34. The Kier molecular flexibility index (Phi) is 8.25. The average Bonchev–Trinajstić information content (AvgIpc) is 3.08. The molecule has 1 saturated carbocycles. The highest BCUT2D eigenvalue weighted by molar-refractivity contribution is 5.98. The van der Waals surface area contributed by atoms with Gasteiger partial charge < -0.3 is 19.9 Å². The Morgan fingerprint density at radius 2 is 1.78 bits per heavy atom. The van der Waals surface area contributed by atoms with E-state index in [0.717, 1.165) is 25.8 Å². The van der Waals surface area contributed by atoms with Crippen LogP contribution in [0.2, 0.25) is 0 Å². The lowest BCUT2D eigenvalue weighted by atomic mass is 9.80. The van der Waals surface area contributed by atoms with E-state index >= 15 is 0 Å². The minimum atomic E-state index is -1.26. The molecule has 0 bridgehead atoms. The lowest BCUT2D eigenvalue weighted by Gasteiger charge is -2.39. The summed E-state index contributed by atoms with van der Waals surface area (Å²) in [6.45, 7) is 1.45. The molecule has 1 aliphatic heterocycles. The second kappa shape index (κ2) is 11.6. The second-order valence-corrected chi connectivity index (χ2v) is 9.91. The van der Waals surface area contributed by atoms with Gasteiger partial charge in [0.25, 0.3) is 0 Å². The zero-order valence-electron chi connectivity index (χ0n) is 20.6. The highest BCUT2D eigenvalue weighted by Crippen LogP contribution is 2.40. The third-order valence-electron chi connectivity index (χ3n) is 7.34. The molecule has 2 atom stereocenters. The van der Waals surface area contributed by atoms with Crippen LogP contribution < -0.4 is 0 Å². The molecule has 1 aromatic carbocycles. The van der Waals surface area contributed by atoms with Crippen LogP contribution in [0.5, 0.6) is 0 Å². The van der Waals surface area contributed by atoms with Gasteiger partial charge in [-0.3, -0.25) is 9.69 Å². The maximum Gasteiger partial charge on any atom is 0.328 e. The Hall–Kier alpha value is -3.39. The van der Waals surface area contributed by atoms with Crippen LogP contribution in [0.4, 0.5) is 0 Å². The molecule has 192 valence electrons. The fraction of sp³-hybridized carbons (Fsp3) is 0.464. The summed E-state index contributed by atoms with van der Waals surface area (Å²) in [6.07, 6.45) is 13.6. The van der Waals surface area contributed by atoms with E-state index in [4.69, 9.17) is 14.9 Å². The van der Waals surface area contributed by atoms with Gasteiger partial charge in [0.2, 0.25) is 0 Å². The zero-order chi connectivity index (χ0) is 25.7. The number of nitrogens with zero attached hydrogens (tertiary/aromatic N) is 1. The average molecular weight is 495 g/mol. The van der Waals surface area contributed by atoms with Gasteiger partial charge in [0, 0.05) is 47.8 Å². The number of fused-ring (bicyclic) bond motifs is 2. The smallest absolute Gasteiger partial charge is 0.328 e. The monoisotopic (exact) mass is 494 g/mol. The number of carboxylic acid groups (broad SMARTS) is 2. The number of esters is 1. The SMILES string of the molecule is CN1C[C@H](COC(=O)C2CCCCCC2)C=C2c3cccc4[nH]cc(c34)C[C@H]21.O=C(O)/C=C\C(=O)O. The lowest BCUT2D eigenvalue weighted by molar-refractivity contribution is -0.150. The van der Waals surface area contributed by atoms with Crippen LogP contribution in [0.1, 0.15) is 49.7 Å². The van der Waals surface area contributed by atoms with Crippen LogP contribution in [0, 0.1) is 11.8 Å². The van der Waals surface area contributed by atoms with Gasteiger partial charge in [-0.1, -0.05) is 43.9 Å². The molecule has 5 rings (SSSR count). The molecule has 0 unspecified atom stereocenters. The molecule has 3 aliphatic rings. The Labute approximate surface area is 210 Å². The number of ether oxygens (including phenoxy) is 1. The fourth-order valence-electron chi connectivity index (χ4n) is 5.62. The minimum Gasteiger partial charge on any atom is -0.478 e. The summed E-state index contributed by atoms with van der Waals surface area (Å²) >= 11 is 0. The van der Waals surface area contributed by atoms with Gasteiger partial charge in [0.1, 0.15) is 0 Å². The van der Waals surface area contributed by atoms with Crippen LogP contribution >= 0.6 is 0 Å². The van der Waals surface area contributed by atoms with Gasteiger partial charge in [0.05, 0.1) is 12.5 Å². The van der Waals surface area contributed by atoms with Crippen molar-refractivity contribution in [2.75, 3.05) is 20.2 Å². The summed E-state index contributed by atoms with van der Waals surface area (Å²) in [7, 11) is 2.20. The van der Waals surface area contributed by atoms with Crippen molar-refractivity contribution in [2.45, 2.75) is 51.0 Å². The maximum absolute atomic E-state index is 12.6. The summed E-state index contributed by atoms with van der Waals surface area (Å²) in [6, 6.07) is 6.95. The molecule has 2 heterocycles.